The molecule has 1 heterocycles. The van der Waals surface area contributed by atoms with Crippen molar-refractivity contribution < 1.29 is 22.7 Å². The maximum atomic E-state index is 11.6. The van der Waals surface area contributed by atoms with Gasteiger partial charge in [0.25, 0.3) is 0 Å². The predicted molar refractivity (Wildman–Crippen MR) is 33.4 cm³/mol. The van der Waals surface area contributed by atoms with Gasteiger partial charge in [-0.3, -0.25) is 10.1 Å². The first-order valence-corrected chi connectivity index (χ1v) is 3.46. The molecular formula is C6H8F3NO2. The van der Waals surface area contributed by atoms with Crippen LogP contribution in [0.25, 0.3) is 0 Å². The van der Waals surface area contributed by atoms with E-state index in [-0.39, 0.29) is 6.61 Å². The smallest absolute Gasteiger partial charge is 0.401 e. The van der Waals surface area contributed by atoms with Gasteiger partial charge in [-0.15, -0.1) is 0 Å². The van der Waals surface area contributed by atoms with Gasteiger partial charge >= 0.3 is 12.1 Å². The number of cyclic esters (lactones) is 1. The Bertz CT molecular complexity index is 180. The van der Waals surface area contributed by atoms with E-state index in [1.807, 2.05) is 0 Å². The number of carbonyl (C=O) groups excluding carboxylic acids is 1. The van der Waals surface area contributed by atoms with Crippen molar-refractivity contribution in [3.63, 3.8) is 0 Å². The van der Waals surface area contributed by atoms with Gasteiger partial charge in [0.1, 0.15) is 6.04 Å². The molecule has 6 heteroatoms. The number of hydrogen-bond donors (Lipinski definition) is 1. The van der Waals surface area contributed by atoms with E-state index in [4.69, 9.17) is 0 Å². The molecule has 0 spiro atoms. The largest absolute Gasteiger partial charge is 0.464 e. The molecule has 3 nitrogen and oxygen atoms in total. The third kappa shape index (κ3) is 2.69. The first-order valence-electron chi connectivity index (χ1n) is 3.46. The van der Waals surface area contributed by atoms with Gasteiger partial charge in [-0.25, -0.2) is 0 Å². The second-order valence-corrected chi connectivity index (χ2v) is 2.50. The lowest BCUT2D eigenvalue weighted by atomic mass is 10.2. The minimum atomic E-state index is -4.27. The van der Waals surface area contributed by atoms with Gasteiger partial charge in [0.15, 0.2) is 0 Å². The standard InChI is InChI=1S/C6H8F3NO2/c7-6(8,9)3-10-4-1-2-12-5(4)11/h4,10H,1-3H2. The summed E-state index contributed by atoms with van der Waals surface area (Å²) < 4.78 is 39.3. The molecule has 1 atom stereocenters. The lowest BCUT2D eigenvalue weighted by molar-refractivity contribution is -0.142. The van der Waals surface area contributed by atoms with Crippen LogP contribution in [0.15, 0.2) is 0 Å². The molecule has 0 saturated carbocycles. The van der Waals surface area contributed by atoms with Gasteiger partial charge in [0.05, 0.1) is 13.2 Å². The highest BCUT2D eigenvalue weighted by Gasteiger charge is 2.32. The summed E-state index contributed by atoms with van der Waals surface area (Å²) in [6, 6.07) is -0.786. The van der Waals surface area contributed by atoms with Gasteiger partial charge in [-0.05, 0) is 0 Å². The van der Waals surface area contributed by atoms with E-state index in [2.05, 4.69) is 10.1 Å². The van der Waals surface area contributed by atoms with Gasteiger partial charge in [0, 0.05) is 6.42 Å². The summed E-state index contributed by atoms with van der Waals surface area (Å²) in [4.78, 5) is 10.6. The quantitative estimate of drug-likeness (QED) is 0.632. The molecule has 1 rings (SSSR count). The fourth-order valence-electron chi connectivity index (χ4n) is 0.920. The molecule has 1 fully saturated rings. The molecule has 12 heavy (non-hydrogen) atoms. The molecule has 0 aromatic rings. The number of hydrogen-bond acceptors (Lipinski definition) is 3. The number of carbonyl (C=O) groups is 1. The molecule has 0 aromatic heterocycles. The van der Waals surface area contributed by atoms with E-state index in [0.717, 1.165) is 0 Å². The first kappa shape index (κ1) is 9.31. The van der Waals surface area contributed by atoms with Crippen molar-refractivity contribution in [1.82, 2.24) is 5.32 Å². The van der Waals surface area contributed by atoms with E-state index in [1.54, 1.807) is 0 Å². The third-order valence-electron chi connectivity index (χ3n) is 1.48. The zero-order valence-corrected chi connectivity index (χ0v) is 6.15. The van der Waals surface area contributed by atoms with E-state index >= 15 is 0 Å². The molecule has 70 valence electrons. The van der Waals surface area contributed by atoms with Crippen LogP contribution in [0, 0.1) is 0 Å². The molecule has 1 aliphatic rings. The minimum Gasteiger partial charge on any atom is -0.464 e. The van der Waals surface area contributed by atoms with Crippen LogP contribution in [0.1, 0.15) is 6.42 Å². The second-order valence-electron chi connectivity index (χ2n) is 2.50. The van der Waals surface area contributed by atoms with E-state index in [9.17, 15) is 18.0 Å². The predicted octanol–water partition coefficient (Wildman–Crippen LogP) is 0.454. The monoisotopic (exact) mass is 183 g/mol. The van der Waals surface area contributed by atoms with Gasteiger partial charge in [0.2, 0.25) is 0 Å². The average molecular weight is 183 g/mol. The molecule has 1 saturated heterocycles. The third-order valence-corrected chi connectivity index (χ3v) is 1.48. The van der Waals surface area contributed by atoms with E-state index in [0.29, 0.717) is 6.42 Å². The molecule has 0 bridgehead atoms. The maximum Gasteiger partial charge on any atom is 0.401 e. The van der Waals surface area contributed by atoms with Crippen LogP contribution in [-0.4, -0.2) is 31.3 Å². The Morgan fingerprint density at radius 1 is 1.58 bits per heavy atom. The van der Waals surface area contributed by atoms with Crippen LogP contribution in [0.2, 0.25) is 0 Å². The Balaban J connectivity index is 2.27. The summed E-state index contributed by atoms with van der Waals surface area (Å²) >= 11 is 0. The first-order chi connectivity index (χ1) is 5.49. The Kier molecular flexibility index (Phi) is 2.56. The lowest BCUT2D eigenvalue weighted by Gasteiger charge is -2.10. The molecule has 0 aromatic carbocycles. The van der Waals surface area contributed by atoms with Crippen molar-refractivity contribution in [2.75, 3.05) is 13.2 Å². The van der Waals surface area contributed by atoms with Crippen molar-refractivity contribution in [3.8, 4) is 0 Å². The number of nitrogens with one attached hydrogen (secondary N) is 1. The lowest BCUT2D eigenvalue weighted by Crippen LogP contribution is -2.39. The second kappa shape index (κ2) is 3.30. The molecule has 0 amide bonds. The van der Waals surface area contributed by atoms with Gasteiger partial charge in [-0.1, -0.05) is 0 Å². The van der Waals surface area contributed by atoms with Crippen molar-refractivity contribution >= 4 is 5.97 Å². The summed E-state index contributed by atoms with van der Waals surface area (Å²) in [5.74, 6) is -0.598. The fourth-order valence-corrected chi connectivity index (χ4v) is 0.920. The summed E-state index contributed by atoms with van der Waals surface area (Å²) in [7, 11) is 0. The van der Waals surface area contributed by atoms with Crippen LogP contribution in [0.3, 0.4) is 0 Å². The van der Waals surface area contributed by atoms with Gasteiger partial charge < -0.3 is 4.74 Å². The molecule has 0 radical (unpaired) electrons. The molecule has 1 aliphatic heterocycles. The maximum absolute atomic E-state index is 11.6. The molecule has 1 N–H and O–H groups in total. The Morgan fingerprint density at radius 3 is 2.67 bits per heavy atom. The highest BCUT2D eigenvalue weighted by Crippen LogP contribution is 2.14. The van der Waals surface area contributed by atoms with Crippen LogP contribution >= 0.6 is 0 Å². The highest BCUT2D eigenvalue weighted by atomic mass is 19.4. The van der Waals surface area contributed by atoms with Crippen LogP contribution < -0.4 is 5.32 Å². The van der Waals surface area contributed by atoms with E-state index in [1.165, 1.54) is 0 Å². The number of esters is 1. The number of halogens is 3. The van der Waals surface area contributed by atoms with Crippen molar-refractivity contribution in [2.24, 2.45) is 0 Å². The van der Waals surface area contributed by atoms with Crippen molar-refractivity contribution in [3.05, 3.63) is 0 Å². The van der Waals surface area contributed by atoms with Crippen LogP contribution in [0.5, 0.6) is 0 Å². The topological polar surface area (TPSA) is 38.3 Å². The fraction of sp³-hybridized carbons (Fsp3) is 0.833. The number of ether oxygens (including phenoxy) is 1. The SMILES string of the molecule is O=C1OCCC1NCC(F)(F)F. The Labute approximate surface area is 66.9 Å². The minimum absolute atomic E-state index is 0.203. The summed E-state index contributed by atoms with van der Waals surface area (Å²) in [5.41, 5.74) is 0. The summed E-state index contributed by atoms with van der Waals surface area (Å²) in [5, 5.41) is 2.07. The van der Waals surface area contributed by atoms with Gasteiger partial charge in [-0.2, -0.15) is 13.2 Å². The van der Waals surface area contributed by atoms with Crippen LogP contribution in [0.4, 0.5) is 13.2 Å². The average Bonchev–Trinajstić information content (AvgIpc) is 2.29. The van der Waals surface area contributed by atoms with E-state index < -0.39 is 24.7 Å². The summed E-state index contributed by atoms with van der Waals surface area (Å²) in [6.07, 6.45) is -3.96. The van der Waals surface area contributed by atoms with Crippen molar-refractivity contribution in [1.29, 1.82) is 0 Å². The highest BCUT2D eigenvalue weighted by molar-refractivity contribution is 5.77. The zero-order chi connectivity index (χ0) is 9.19. The normalized spacial score (nSPS) is 24.2. The molecule has 1 unspecified atom stereocenters. The molecule has 0 aliphatic carbocycles. The number of alkyl halides is 3. The number of rotatable bonds is 2. The Hall–Kier alpha value is -0.780. The zero-order valence-electron chi connectivity index (χ0n) is 6.15. The Morgan fingerprint density at radius 2 is 2.25 bits per heavy atom. The summed E-state index contributed by atoms with van der Waals surface area (Å²) in [6.45, 7) is -0.943. The van der Waals surface area contributed by atoms with Crippen molar-refractivity contribution in [2.45, 2.75) is 18.6 Å². The van der Waals surface area contributed by atoms with Crippen LogP contribution in [-0.2, 0) is 9.53 Å². The molecular weight excluding hydrogens is 175 g/mol.